The minimum Gasteiger partial charge on any atom is -0.397 e. The molecule has 0 radical (unpaired) electrons. The third kappa shape index (κ3) is 4.09. The van der Waals surface area contributed by atoms with E-state index in [1.807, 2.05) is 0 Å². The van der Waals surface area contributed by atoms with E-state index >= 15 is 0 Å². The SMILES string of the molecule is CN(C)CC1CCN(c2cc(S(N)(=O)=O)ccc2N)CC1. The molecule has 1 aliphatic rings. The van der Waals surface area contributed by atoms with Crippen molar-refractivity contribution >= 4 is 21.4 Å². The van der Waals surface area contributed by atoms with Crippen LogP contribution in [0.5, 0.6) is 0 Å². The number of sulfonamides is 1. The molecule has 4 N–H and O–H groups in total. The van der Waals surface area contributed by atoms with E-state index in [1.54, 1.807) is 12.1 Å². The third-order valence-corrected chi connectivity index (χ3v) is 4.82. The Morgan fingerprint density at radius 1 is 1.29 bits per heavy atom. The van der Waals surface area contributed by atoms with Crippen LogP contribution in [0.3, 0.4) is 0 Å². The van der Waals surface area contributed by atoms with Gasteiger partial charge in [0.1, 0.15) is 0 Å². The standard InChI is InChI=1S/C14H24N4O2S/c1-17(2)10-11-5-7-18(8-6-11)14-9-12(21(16,19)20)3-4-13(14)15/h3-4,9,11H,5-8,10,15H2,1-2H3,(H2,16,19,20). The lowest BCUT2D eigenvalue weighted by atomic mass is 9.96. The number of benzene rings is 1. The van der Waals surface area contributed by atoms with Crippen LogP contribution < -0.4 is 15.8 Å². The van der Waals surface area contributed by atoms with Gasteiger partial charge >= 0.3 is 0 Å². The van der Waals surface area contributed by atoms with Gasteiger partial charge in [-0.3, -0.25) is 0 Å². The van der Waals surface area contributed by atoms with Gasteiger partial charge in [-0.05, 0) is 51.1 Å². The molecule has 0 unspecified atom stereocenters. The summed E-state index contributed by atoms with van der Waals surface area (Å²) >= 11 is 0. The van der Waals surface area contributed by atoms with E-state index in [4.69, 9.17) is 10.9 Å². The zero-order chi connectivity index (χ0) is 15.6. The topological polar surface area (TPSA) is 92.7 Å². The highest BCUT2D eigenvalue weighted by molar-refractivity contribution is 7.89. The first kappa shape index (κ1) is 16.1. The van der Waals surface area contributed by atoms with E-state index in [9.17, 15) is 8.42 Å². The zero-order valence-electron chi connectivity index (χ0n) is 12.6. The first-order valence-corrected chi connectivity index (χ1v) is 8.64. The van der Waals surface area contributed by atoms with Crippen LogP contribution in [-0.2, 0) is 10.0 Å². The van der Waals surface area contributed by atoms with Crippen molar-refractivity contribution < 1.29 is 8.42 Å². The normalized spacial score (nSPS) is 17.4. The molecule has 6 nitrogen and oxygen atoms in total. The third-order valence-electron chi connectivity index (χ3n) is 3.91. The van der Waals surface area contributed by atoms with Gasteiger partial charge in [0, 0.05) is 19.6 Å². The van der Waals surface area contributed by atoms with Crippen LogP contribution in [0.15, 0.2) is 23.1 Å². The summed E-state index contributed by atoms with van der Waals surface area (Å²) in [6.07, 6.45) is 2.16. The maximum atomic E-state index is 11.5. The lowest BCUT2D eigenvalue weighted by molar-refractivity contribution is 0.285. The molecule has 1 aromatic rings. The van der Waals surface area contributed by atoms with Crippen molar-refractivity contribution in [1.82, 2.24) is 4.90 Å². The Morgan fingerprint density at radius 2 is 1.90 bits per heavy atom. The fraction of sp³-hybridized carbons (Fsp3) is 0.571. The Bertz CT molecular complexity index is 593. The molecule has 0 amide bonds. The smallest absolute Gasteiger partial charge is 0.238 e. The fourth-order valence-electron chi connectivity index (χ4n) is 2.85. The van der Waals surface area contributed by atoms with Crippen molar-refractivity contribution in [2.45, 2.75) is 17.7 Å². The summed E-state index contributed by atoms with van der Waals surface area (Å²) in [4.78, 5) is 4.47. The van der Waals surface area contributed by atoms with E-state index in [0.29, 0.717) is 11.6 Å². The Kier molecular flexibility index (Phi) is 4.75. The molecule has 0 bridgehead atoms. The monoisotopic (exact) mass is 312 g/mol. The van der Waals surface area contributed by atoms with E-state index in [0.717, 1.165) is 38.2 Å². The highest BCUT2D eigenvalue weighted by atomic mass is 32.2. The lowest BCUT2D eigenvalue weighted by Gasteiger charge is -2.35. The van der Waals surface area contributed by atoms with Crippen LogP contribution in [-0.4, -0.2) is 47.0 Å². The van der Waals surface area contributed by atoms with E-state index in [-0.39, 0.29) is 4.90 Å². The number of nitrogens with two attached hydrogens (primary N) is 2. The second-order valence-corrected chi connectivity index (χ2v) is 7.52. The van der Waals surface area contributed by atoms with Crippen LogP contribution in [0, 0.1) is 5.92 Å². The summed E-state index contributed by atoms with van der Waals surface area (Å²) < 4.78 is 22.9. The molecule has 1 heterocycles. The van der Waals surface area contributed by atoms with Gasteiger partial charge in [-0.25, -0.2) is 13.6 Å². The summed E-state index contributed by atoms with van der Waals surface area (Å²) in [5.74, 6) is 0.680. The second kappa shape index (κ2) is 6.21. The Hall–Kier alpha value is -1.31. The quantitative estimate of drug-likeness (QED) is 0.798. The van der Waals surface area contributed by atoms with Crippen molar-refractivity contribution in [1.29, 1.82) is 0 Å². The molecule has 0 atom stereocenters. The molecule has 1 aliphatic heterocycles. The highest BCUT2D eigenvalue weighted by Gasteiger charge is 2.22. The molecule has 1 saturated heterocycles. The van der Waals surface area contributed by atoms with Gasteiger partial charge in [0.25, 0.3) is 0 Å². The van der Waals surface area contributed by atoms with E-state index < -0.39 is 10.0 Å². The van der Waals surface area contributed by atoms with E-state index in [2.05, 4.69) is 23.9 Å². The van der Waals surface area contributed by atoms with Crippen molar-refractivity contribution in [2.75, 3.05) is 44.4 Å². The van der Waals surface area contributed by atoms with Crippen LogP contribution >= 0.6 is 0 Å². The summed E-state index contributed by atoms with van der Waals surface area (Å²) in [6.45, 7) is 2.86. The summed E-state index contributed by atoms with van der Waals surface area (Å²) in [7, 11) is 0.470. The van der Waals surface area contributed by atoms with Crippen LogP contribution in [0.2, 0.25) is 0 Å². The Balaban J connectivity index is 2.13. The Labute approximate surface area is 126 Å². The average molecular weight is 312 g/mol. The number of primary sulfonamides is 1. The first-order valence-electron chi connectivity index (χ1n) is 7.09. The van der Waals surface area contributed by atoms with Gasteiger partial charge in [0.05, 0.1) is 16.3 Å². The Morgan fingerprint density at radius 3 is 2.43 bits per heavy atom. The zero-order valence-corrected chi connectivity index (χ0v) is 13.4. The molecular weight excluding hydrogens is 288 g/mol. The van der Waals surface area contributed by atoms with Gasteiger partial charge < -0.3 is 15.5 Å². The van der Waals surface area contributed by atoms with Crippen molar-refractivity contribution in [2.24, 2.45) is 11.1 Å². The lowest BCUT2D eigenvalue weighted by Crippen LogP contribution is -2.37. The molecule has 1 fully saturated rings. The van der Waals surface area contributed by atoms with Gasteiger partial charge in [-0.1, -0.05) is 0 Å². The maximum absolute atomic E-state index is 11.5. The molecule has 0 saturated carbocycles. The molecule has 1 aromatic carbocycles. The maximum Gasteiger partial charge on any atom is 0.238 e. The molecule has 0 aliphatic carbocycles. The molecule has 0 aromatic heterocycles. The number of nitrogens with zero attached hydrogens (tertiary/aromatic N) is 2. The van der Waals surface area contributed by atoms with E-state index in [1.165, 1.54) is 6.07 Å². The molecule has 118 valence electrons. The van der Waals surface area contributed by atoms with Crippen LogP contribution in [0.4, 0.5) is 11.4 Å². The highest BCUT2D eigenvalue weighted by Crippen LogP contribution is 2.30. The summed E-state index contributed by atoms with van der Waals surface area (Å²) in [5, 5.41) is 5.19. The fourth-order valence-corrected chi connectivity index (χ4v) is 3.38. The number of anilines is 2. The largest absolute Gasteiger partial charge is 0.397 e. The first-order chi connectivity index (χ1) is 9.77. The number of hydrogen-bond acceptors (Lipinski definition) is 5. The number of piperidine rings is 1. The minimum absolute atomic E-state index is 0.113. The van der Waals surface area contributed by atoms with Crippen molar-refractivity contribution in [3.05, 3.63) is 18.2 Å². The average Bonchev–Trinajstić information content (AvgIpc) is 2.38. The van der Waals surface area contributed by atoms with Crippen molar-refractivity contribution in [3.63, 3.8) is 0 Å². The van der Waals surface area contributed by atoms with Gasteiger partial charge in [0.15, 0.2) is 0 Å². The summed E-state index contributed by atoms with van der Waals surface area (Å²) in [5.41, 5.74) is 7.35. The van der Waals surface area contributed by atoms with Gasteiger partial charge in [0.2, 0.25) is 10.0 Å². The van der Waals surface area contributed by atoms with Crippen LogP contribution in [0.1, 0.15) is 12.8 Å². The molecule has 0 spiro atoms. The molecule has 21 heavy (non-hydrogen) atoms. The predicted octanol–water partition coefficient (Wildman–Crippen LogP) is 0.694. The number of rotatable bonds is 4. The predicted molar refractivity (Wildman–Crippen MR) is 85.7 cm³/mol. The number of hydrogen-bond donors (Lipinski definition) is 2. The van der Waals surface area contributed by atoms with Crippen molar-refractivity contribution in [3.8, 4) is 0 Å². The van der Waals surface area contributed by atoms with Gasteiger partial charge in [-0.15, -0.1) is 0 Å². The second-order valence-electron chi connectivity index (χ2n) is 5.96. The minimum atomic E-state index is -3.70. The molecule has 2 rings (SSSR count). The van der Waals surface area contributed by atoms with Gasteiger partial charge in [-0.2, -0.15) is 0 Å². The molecular formula is C14H24N4O2S. The van der Waals surface area contributed by atoms with Crippen LogP contribution in [0.25, 0.3) is 0 Å². The summed E-state index contributed by atoms with van der Waals surface area (Å²) in [6, 6.07) is 4.64. The molecule has 7 heteroatoms. The number of nitrogen functional groups attached to an aromatic ring is 1.